The summed E-state index contributed by atoms with van der Waals surface area (Å²) in [6.45, 7) is 1.66. The number of hydrogen-bond donors (Lipinski definition) is 1. The lowest BCUT2D eigenvalue weighted by Gasteiger charge is -2.31. The second-order valence-corrected chi connectivity index (χ2v) is 6.50. The second kappa shape index (κ2) is 6.41. The van der Waals surface area contributed by atoms with E-state index >= 15 is 0 Å². The molecule has 21 heavy (non-hydrogen) atoms. The van der Waals surface area contributed by atoms with E-state index in [0.29, 0.717) is 18.2 Å². The van der Waals surface area contributed by atoms with Crippen LogP contribution in [0.4, 0.5) is 8.78 Å². The van der Waals surface area contributed by atoms with Gasteiger partial charge in [0.25, 0.3) is 0 Å². The van der Waals surface area contributed by atoms with Gasteiger partial charge in [0, 0.05) is 24.2 Å². The lowest BCUT2D eigenvalue weighted by atomic mass is 9.95. The number of halogens is 2. The molecule has 0 radical (unpaired) electrons. The molecule has 116 valence electrons. The molecule has 1 saturated heterocycles. The lowest BCUT2D eigenvalue weighted by molar-refractivity contribution is 0.180. The van der Waals surface area contributed by atoms with Gasteiger partial charge in [-0.1, -0.05) is 25.0 Å². The number of nitrogens with two attached hydrogens (primary N) is 1. The highest BCUT2D eigenvalue weighted by molar-refractivity contribution is 5.22. The molecular weight excluding hydrogens is 270 g/mol. The monoisotopic (exact) mass is 294 g/mol. The van der Waals surface area contributed by atoms with Crippen molar-refractivity contribution in [1.82, 2.24) is 4.90 Å². The van der Waals surface area contributed by atoms with Gasteiger partial charge in [0.05, 0.1) is 0 Å². The Bertz CT molecular complexity index is 486. The zero-order valence-electron chi connectivity index (χ0n) is 12.4. The van der Waals surface area contributed by atoms with Gasteiger partial charge in [-0.2, -0.15) is 0 Å². The highest BCUT2D eigenvalue weighted by Gasteiger charge is 2.34. The summed E-state index contributed by atoms with van der Waals surface area (Å²) in [6, 6.07) is 4.41. The van der Waals surface area contributed by atoms with Gasteiger partial charge in [0.1, 0.15) is 0 Å². The molecule has 2 N–H and O–H groups in total. The molecule has 2 unspecified atom stereocenters. The van der Waals surface area contributed by atoms with Crippen LogP contribution in [-0.4, -0.2) is 24.0 Å². The minimum atomic E-state index is -0.809. The molecule has 0 amide bonds. The molecule has 1 aliphatic heterocycles. The fourth-order valence-corrected chi connectivity index (χ4v) is 4.11. The molecule has 2 atom stereocenters. The number of hydrogen-bond acceptors (Lipinski definition) is 2. The largest absolute Gasteiger partial charge is 0.323 e. The molecule has 0 bridgehead atoms. The summed E-state index contributed by atoms with van der Waals surface area (Å²) in [5.74, 6) is -0.824. The molecule has 1 aromatic carbocycles. The van der Waals surface area contributed by atoms with Crippen LogP contribution in [-0.2, 0) is 0 Å². The molecular formula is C17H24F2N2. The van der Waals surface area contributed by atoms with Crippen molar-refractivity contribution in [3.05, 3.63) is 35.4 Å². The molecule has 0 spiro atoms. The quantitative estimate of drug-likeness (QED) is 0.919. The first-order valence-corrected chi connectivity index (χ1v) is 8.10. The fourth-order valence-electron chi connectivity index (χ4n) is 4.11. The maximum absolute atomic E-state index is 13.9. The van der Waals surface area contributed by atoms with E-state index < -0.39 is 17.7 Å². The Kier molecular flexibility index (Phi) is 4.55. The maximum atomic E-state index is 13.9. The highest BCUT2D eigenvalue weighted by atomic mass is 19.2. The third kappa shape index (κ3) is 3.11. The van der Waals surface area contributed by atoms with E-state index in [4.69, 9.17) is 5.73 Å². The van der Waals surface area contributed by atoms with Crippen molar-refractivity contribution in [3.63, 3.8) is 0 Å². The first-order chi connectivity index (χ1) is 10.2. The van der Waals surface area contributed by atoms with E-state index in [1.54, 1.807) is 6.07 Å². The van der Waals surface area contributed by atoms with Crippen LogP contribution in [0.2, 0.25) is 0 Å². The Morgan fingerprint density at radius 3 is 2.67 bits per heavy atom. The molecule has 1 aliphatic carbocycles. The summed E-state index contributed by atoms with van der Waals surface area (Å²) in [5.41, 5.74) is 6.46. The van der Waals surface area contributed by atoms with Crippen LogP contribution in [0.1, 0.15) is 50.1 Å². The normalized spacial score (nSPS) is 25.6. The number of benzene rings is 1. The zero-order chi connectivity index (χ0) is 14.8. The molecule has 0 aromatic heterocycles. The summed E-state index contributed by atoms with van der Waals surface area (Å²) in [4.78, 5) is 2.41. The van der Waals surface area contributed by atoms with Crippen LogP contribution in [0.5, 0.6) is 0 Å². The molecule has 2 nitrogen and oxygen atoms in total. The van der Waals surface area contributed by atoms with Crippen molar-refractivity contribution < 1.29 is 8.78 Å². The van der Waals surface area contributed by atoms with Gasteiger partial charge in [0.15, 0.2) is 11.6 Å². The van der Waals surface area contributed by atoms with Crippen LogP contribution in [0.25, 0.3) is 0 Å². The number of rotatable bonds is 4. The predicted molar refractivity (Wildman–Crippen MR) is 79.8 cm³/mol. The fraction of sp³-hybridized carbons (Fsp3) is 0.647. The van der Waals surface area contributed by atoms with Crippen molar-refractivity contribution in [1.29, 1.82) is 0 Å². The SMILES string of the molecule is NC(CN1CCCC1C1CCCC1)c1cccc(F)c1F. The topological polar surface area (TPSA) is 29.3 Å². The molecule has 2 fully saturated rings. The van der Waals surface area contributed by atoms with Crippen molar-refractivity contribution in [3.8, 4) is 0 Å². The van der Waals surface area contributed by atoms with E-state index in [1.807, 2.05) is 0 Å². The Hall–Kier alpha value is -1.00. The first-order valence-electron chi connectivity index (χ1n) is 8.10. The standard InChI is InChI=1S/C17H24F2N2/c18-14-8-3-7-13(17(14)19)15(20)11-21-10-4-9-16(21)12-5-1-2-6-12/h3,7-8,12,15-16H,1-2,4-6,9-11,20H2. The van der Waals surface area contributed by atoms with Crippen LogP contribution >= 0.6 is 0 Å². The Morgan fingerprint density at radius 2 is 1.90 bits per heavy atom. The van der Waals surface area contributed by atoms with Crippen LogP contribution < -0.4 is 5.73 Å². The van der Waals surface area contributed by atoms with Crippen LogP contribution in [0, 0.1) is 17.6 Å². The summed E-state index contributed by atoms with van der Waals surface area (Å²) in [7, 11) is 0. The zero-order valence-corrected chi connectivity index (χ0v) is 12.4. The maximum Gasteiger partial charge on any atom is 0.163 e. The average Bonchev–Trinajstić information content (AvgIpc) is 3.12. The minimum absolute atomic E-state index is 0.298. The van der Waals surface area contributed by atoms with Crippen molar-refractivity contribution >= 4 is 0 Å². The summed E-state index contributed by atoms with van der Waals surface area (Å²) in [5, 5.41) is 0. The van der Waals surface area contributed by atoms with Gasteiger partial charge < -0.3 is 5.73 Å². The van der Waals surface area contributed by atoms with Gasteiger partial charge in [-0.25, -0.2) is 8.78 Å². The van der Waals surface area contributed by atoms with E-state index in [1.165, 1.54) is 44.6 Å². The van der Waals surface area contributed by atoms with E-state index in [0.717, 1.165) is 18.5 Å². The van der Waals surface area contributed by atoms with Gasteiger partial charge >= 0.3 is 0 Å². The van der Waals surface area contributed by atoms with Gasteiger partial charge in [-0.3, -0.25) is 4.90 Å². The minimum Gasteiger partial charge on any atom is -0.323 e. The summed E-state index contributed by atoms with van der Waals surface area (Å²) < 4.78 is 27.2. The lowest BCUT2D eigenvalue weighted by Crippen LogP contribution is -2.39. The van der Waals surface area contributed by atoms with Crippen LogP contribution in [0.3, 0.4) is 0 Å². The van der Waals surface area contributed by atoms with Crippen molar-refractivity contribution in [2.24, 2.45) is 11.7 Å². The second-order valence-electron chi connectivity index (χ2n) is 6.50. The molecule has 1 aromatic rings. The van der Waals surface area contributed by atoms with Crippen molar-refractivity contribution in [2.75, 3.05) is 13.1 Å². The highest BCUT2D eigenvalue weighted by Crippen LogP contribution is 2.36. The molecule has 3 rings (SSSR count). The third-order valence-electron chi connectivity index (χ3n) is 5.17. The summed E-state index contributed by atoms with van der Waals surface area (Å²) in [6.07, 6.45) is 7.71. The summed E-state index contributed by atoms with van der Waals surface area (Å²) >= 11 is 0. The molecule has 4 heteroatoms. The third-order valence-corrected chi connectivity index (χ3v) is 5.17. The smallest absolute Gasteiger partial charge is 0.163 e. The van der Waals surface area contributed by atoms with Crippen molar-refractivity contribution in [2.45, 2.75) is 50.6 Å². The van der Waals surface area contributed by atoms with Gasteiger partial charge in [-0.15, -0.1) is 0 Å². The first kappa shape index (κ1) is 14.9. The average molecular weight is 294 g/mol. The van der Waals surface area contributed by atoms with Gasteiger partial charge in [-0.05, 0) is 44.2 Å². The molecule has 1 saturated carbocycles. The van der Waals surface area contributed by atoms with E-state index in [2.05, 4.69) is 4.90 Å². The number of likely N-dealkylation sites (tertiary alicyclic amines) is 1. The molecule has 1 heterocycles. The Balaban J connectivity index is 1.68. The van der Waals surface area contributed by atoms with E-state index in [9.17, 15) is 8.78 Å². The molecule has 2 aliphatic rings. The van der Waals surface area contributed by atoms with Gasteiger partial charge in [0.2, 0.25) is 0 Å². The van der Waals surface area contributed by atoms with E-state index in [-0.39, 0.29) is 0 Å². The Morgan fingerprint density at radius 1 is 1.14 bits per heavy atom. The number of nitrogens with zero attached hydrogens (tertiary/aromatic N) is 1. The Labute approximate surface area is 125 Å². The predicted octanol–water partition coefficient (Wildman–Crippen LogP) is 3.62. The van der Waals surface area contributed by atoms with Crippen LogP contribution in [0.15, 0.2) is 18.2 Å².